The van der Waals surface area contributed by atoms with Gasteiger partial charge in [-0.05, 0) is 54.0 Å². The number of morpholine rings is 1. The molecule has 386 valence electrons. The molecule has 4 saturated heterocycles. The van der Waals surface area contributed by atoms with E-state index in [2.05, 4.69) is 41.8 Å². The van der Waals surface area contributed by atoms with Crippen LogP contribution in [-0.4, -0.2) is 156 Å². The number of benzene rings is 2. The zero-order valence-electron chi connectivity index (χ0n) is 41.6. The fraction of sp³-hybridized carbons (Fsp3) is 0.529. The number of β-amino-alcohol motifs (C(OH)–C–C–N with tert-alkyl or cyclic N) is 1. The van der Waals surface area contributed by atoms with Gasteiger partial charge in [-0.1, -0.05) is 51.1 Å². The number of likely N-dealkylation sites (tertiary alicyclic amines) is 1. The maximum Gasteiger partial charge on any atom is 0.298 e. The number of oxazole rings is 1. The summed E-state index contributed by atoms with van der Waals surface area (Å²) in [6.45, 7) is 13.9. The van der Waals surface area contributed by atoms with Gasteiger partial charge in [0.05, 0.1) is 46.8 Å². The number of nitrogens with one attached hydrogen (secondary N) is 3. The monoisotopic (exact) mass is 1010 g/mol. The third kappa shape index (κ3) is 12.8. The number of carbonyl (C=O) groups is 6. The number of rotatable bonds is 16. The molecule has 4 fully saturated rings. The molecule has 4 aromatic rings. The van der Waals surface area contributed by atoms with E-state index in [0.29, 0.717) is 96.7 Å². The number of aryl methyl sites for hydroxylation is 1. The summed E-state index contributed by atoms with van der Waals surface area (Å²) in [5.74, 6) is -2.41. The van der Waals surface area contributed by atoms with Gasteiger partial charge in [-0.3, -0.25) is 33.7 Å². The van der Waals surface area contributed by atoms with Gasteiger partial charge < -0.3 is 55.5 Å². The van der Waals surface area contributed by atoms with E-state index in [1.165, 1.54) is 11.2 Å². The van der Waals surface area contributed by atoms with E-state index in [0.717, 1.165) is 32.9 Å². The molecule has 0 saturated carbocycles. The Hall–Kier alpha value is -6.42. The minimum Gasteiger partial charge on any atom is -0.431 e. The lowest BCUT2D eigenvalue weighted by Gasteiger charge is -2.36. The number of piperazine rings is 1. The van der Waals surface area contributed by atoms with Crippen molar-refractivity contribution in [2.45, 2.75) is 91.1 Å². The van der Waals surface area contributed by atoms with Crippen molar-refractivity contribution in [3.8, 4) is 10.4 Å². The molecule has 8 rings (SSSR count). The van der Waals surface area contributed by atoms with Gasteiger partial charge in [0, 0.05) is 97.2 Å². The van der Waals surface area contributed by atoms with E-state index in [9.17, 15) is 33.9 Å². The van der Waals surface area contributed by atoms with Crippen LogP contribution >= 0.6 is 11.3 Å². The Bertz CT molecular complexity index is 2570. The number of aromatic nitrogens is 2. The van der Waals surface area contributed by atoms with Crippen LogP contribution in [0.4, 0.5) is 17.4 Å². The number of anilines is 3. The summed E-state index contributed by atoms with van der Waals surface area (Å²) in [6, 6.07) is 12.2. The standard InChI is InChI=1S/C51H67N11O9S/c1-32-44(72-31-54-32)35-8-5-33(6-9-35)27-53-48(68)41-26-37(63)29-62(41)49(69)45(51(2,3)4)57-42(64)11-12-43(65)60-19-17-58(18-20-60)28-34-7-10-38(40(25-34)59-15-13-36(14-16-59)46(52)66)55-47(67)39-30-71-50(56-39)61-21-23-70-24-22-61/h5-10,25,30-31,36-37,41,45,63H,11-24,26-29H2,1-4H3,(H2,52,66)(H,53,68)(H,55,67)(H,57,64)/t37-,41+,45-/m1/s1. The molecule has 0 bridgehead atoms. The molecule has 20 nitrogen and oxygen atoms in total. The van der Waals surface area contributed by atoms with Gasteiger partial charge in [0.1, 0.15) is 18.3 Å². The van der Waals surface area contributed by atoms with Crippen LogP contribution in [0.2, 0.25) is 0 Å². The Morgan fingerprint density at radius 3 is 2.28 bits per heavy atom. The summed E-state index contributed by atoms with van der Waals surface area (Å²) in [6.07, 6.45) is 1.56. The number of aliphatic hydroxyl groups is 1. The molecule has 4 aliphatic rings. The number of ether oxygens (including phenoxy) is 1. The second-order valence-electron chi connectivity index (χ2n) is 20.2. The van der Waals surface area contributed by atoms with E-state index < -0.39 is 47.2 Å². The normalized spacial score (nSPS) is 19.5. The van der Waals surface area contributed by atoms with Crippen LogP contribution in [0.15, 0.2) is 58.7 Å². The van der Waals surface area contributed by atoms with Crippen molar-refractivity contribution in [2.24, 2.45) is 17.1 Å². The smallest absolute Gasteiger partial charge is 0.298 e. The van der Waals surface area contributed by atoms with Gasteiger partial charge in [-0.25, -0.2) is 4.98 Å². The Morgan fingerprint density at radius 1 is 0.903 bits per heavy atom. The van der Waals surface area contributed by atoms with E-state index in [-0.39, 0.29) is 55.8 Å². The lowest BCUT2D eigenvalue weighted by atomic mass is 9.85. The molecule has 3 atom stereocenters. The Labute approximate surface area is 423 Å². The van der Waals surface area contributed by atoms with Crippen LogP contribution in [0.1, 0.15) is 80.2 Å². The predicted molar refractivity (Wildman–Crippen MR) is 271 cm³/mol. The number of nitrogens with two attached hydrogens (primary N) is 1. The van der Waals surface area contributed by atoms with Crippen LogP contribution in [0.5, 0.6) is 0 Å². The molecule has 6 heterocycles. The zero-order chi connectivity index (χ0) is 51.1. The molecule has 0 aliphatic carbocycles. The number of hydrogen-bond acceptors (Lipinski definition) is 15. The van der Waals surface area contributed by atoms with Gasteiger partial charge in [-0.15, -0.1) is 11.3 Å². The molecule has 0 unspecified atom stereocenters. The van der Waals surface area contributed by atoms with Gasteiger partial charge >= 0.3 is 0 Å². The average Bonchev–Trinajstić information content (AvgIpc) is 4.15. The van der Waals surface area contributed by atoms with Crippen molar-refractivity contribution in [2.75, 3.05) is 87.2 Å². The first-order valence-corrected chi connectivity index (χ1v) is 25.7. The highest BCUT2D eigenvalue weighted by Crippen LogP contribution is 2.33. The fourth-order valence-electron chi connectivity index (χ4n) is 9.71. The number of carbonyl (C=O) groups excluding carboxylic acids is 6. The van der Waals surface area contributed by atoms with E-state index in [1.807, 2.05) is 69.0 Å². The molecular weight excluding hydrogens is 943 g/mol. The maximum atomic E-state index is 14.2. The molecule has 4 aliphatic heterocycles. The summed E-state index contributed by atoms with van der Waals surface area (Å²) in [5, 5.41) is 19.5. The number of amides is 6. The van der Waals surface area contributed by atoms with Crippen LogP contribution < -0.4 is 31.5 Å². The van der Waals surface area contributed by atoms with Gasteiger partial charge in [-0.2, -0.15) is 4.98 Å². The molecule has 0 spiro atoms. The fourth-order valence-corrected chi connectivity index (χ4v) is 10.5. The van der Waals surface area contributed by atoms with Crippen molar-refractivity contribution in [1.29, 1.82) is 0 Å². The van der Waals surface area contributed by atoms with Crippen molar-refractivity contribution >= 4 is 64.2 Å². The lowest BCUT2D eigenvalue weighted by molar-refractivity contribution is -0.144. The molecule has 72 heavy (non-hydrogen) atoms. The molecule has 6 amide bonds. The number of hydrogen-bond donors (Lipinski definition) is 5. The first-order chi connectivity index (χ1) is 34.5. The SMILES string of the molecule is Cc1ncsc1-c1ccc(CNC(=O)[C@@H]2C[C@@H](O)CN2C(=O)[C@@H](NC(=O)CCC(=O)N2CCN(Cc3ccc(NC(=O)c4coc(N5CCOCC5)n4)c(N4CCC(C(N)=O)CC4)c3)CC2)C(C)(C)C)cc1. The zero-order valence-corrected chi connectivity index (χ0v) is 42.4. The highest BCUT2D eigenvalue weighted by atomic mass is 32.1. The Kier molecular flexibility index (Phi) is 16.6. The highest BCUT2D eigenvalue weighted by Gasteiger charge is 2.44. The molecule has 2 aromatic carbocycles. The summed E-state index contributed by atoms with van der Waals surface area (Å²) in [5.41, 5.74) is 12.2. The van der Waals surface area contributed by atoms with Crippen LogP contribution in [0.3, 0.4) is 0 Å². The number of primary amides is 1. The first kappa shape index (κ1) is 51.9. The van der Waals surface area contributed by atoms with Gasteiger partial charge in [0.25, 0.3) is 11.9 Å². The maximum absolute atomic E-state index is 14.2. The van der Waals surface area contributed by atoms with Crippen LogP contribution in [-0.2, 0) is 41.8 Å². The molecule has 6 N–H and O–H groups in total. The first-order valence-electron chi connectivity index (χ1n) is 24.8. The summed E-state index contributed by atoms with van der Waals surface area (Å²) in [4.78, 5) is 99.4. The van der Waals surface area contributed by atoms with Crippen molar-refractivity contribution in [1.82, 2.24) is 35.3 Å². The minimum atomic E-state index is -1.01. The third-order valence-corrected chi connectivity index (χ3v) is 14.9. The van der Waals surface area contributed by atoms with Crippen molar-refractivity contribution in [3.05, 3.63) is 76.8 Å². The van der Waals surface area contributed by atoms with E-state index >= 15 is 0 Å². The second-order valence-corrected chi connectivity index (χ2v) is 21.0. The molecule has 2 aromatic heterocycles. The summed E-state index contributed by atoms with van der Waals surface area (Å²) < 4.78 is 11.1. The number of nitrogens with zero attached hydrogens (tertiary/aromatic N) is 7. The lowest BCUT2D eigenvalue weighted by Crippen LogP contribution is -2.57. The predicted octanol–water partition coefficient (Wildman–Crippen LogP) is 3.13. The quantitative estimate of drug-likeness (QED) is 0.108. The Morgan fingerprint density at radius 2 is 1.61 bits per heavy atom. The summed E-state index contributed by atoms with van der Waals surface area (Å²) >= 11 is 1.56. The van der Waals surface area contributed by atoms with Gasteiger partial charge in [0.15, 0.2) is 5.69 Å². The minimum absolute atomic E-state index is 0.0407. The highest BCUT2D eigenvalue weighted by molar-refractivity contribution is 7.13. The van der Waals surface area contributed by atoms with Crippen molar-refractivity contribution in [3.63, 3.8) is 0 Å². The topological polar surface area (TPSA) is 249 Å². The molecular formula is C51H67N11O9S. The van der Waals surface area contributed by atoms with E-state index in [4.69, 9.17) is 14.9 Å². The second kappa shape index (κ2) is 23.0. The average molecular weight is 1010 g/mol. The van der Waals surface area contributed by atoms with Crippen LogP contribution in [0, 0.1) is 18.3 Å². The van der Waals surface area contributed by atoms with Crippen molar-refractivity contribution < 1.29 is 43.0 Å². The summed E-state index contributed by atoms with van der Waals surface area (Å²) in [7, 11) is 0. The molecule has 21 heteroatoms. The number of thiazole rings is 1. The third-order valence-electron chi connectivity index (χ3n) is 14.0. The van der Waals surface area contributed by atoms with Crippen LogP contribution in [0.25, 0.3) is 10.4 Å². The molecule has 0 radical (unpaired) electrons. The largest absolute Gasteiger partial charge is 0.431 e. The number of piperidine rings is 1. The number of aliphatic hydroxyl groups excluding tert-OH is 1. The van der Waals surface area contributed by atoms with Gasteiger partial charge in [0.2, 0.25) is 29.5 Å². The van der Waals surface area contributed by atoms with E-state index in [1.54, 1.807) is 21.7 Å². The Balaban J connectivity index is 0.821.